The number of aliphatic hydroxyl groups is 1. The lowest BCUT2D eigenvalue weighted by atomic mass is 10.0. The fourth-order valence-electron chi connectivity index (χ4n) is 1.75. The van der Waals surface area contributed by atoms with Gasteiger partial charge in [-0.05, 0) is 46.1 Å². The van der Waals surface area contributed by atoms with E-state index in [0.717, 1.165) is 10.0 Å². The largest absolute Gasteiger partial charge is 0.384 e. The highest BCUT2D eigenvalue weighted by molar-refractivity contribution is 9.10. The van der Waals surface area contributed by atoms with E-state index < -0.39 is 11.9 Å². The van der Waals surface area contributed by atoms with Crippen molar-refractivity contribution >= 4 is 31.9 Å². The minimum absolute atomic E-state index is 0.258. The number of halogens is 3. The predicted octanol–water partition coefficient (Wildman–Crippen LogP) is 4.74. The summed E-state index contributed by atoms with van der Waals surface area (Å²) in [6.45, 7) is 1.96. The molecule has 0 spiro atoms. The van der Waals surface area contributed by atoms with Crippen molar-refractivity contribution in [2.45, 2.75) is 13.0 Å². The van der Waals surface area contributed by atoms with Crippen LogP contribution in [0.1, 0.15) is 22.8 Å². The molecule has 1 N–H and O–H groups in total. The van der Waals surface area contributed by atoms with Crippen molar-refractivity contribution in [1.82, 2.24) is 0 Å². The molecule has 0 radical (unpaired) electrons. The number of aliphatic hydroxyl groups excluding tert-OH is 1. The molecule has 1 unspecified atom stereocenters. The van der Waals surface area contributed by atoms with E-state index in [4.69, 9.17) is 0 Å². The zero-order chi connectivity index (χ0) is 13.3. The van der Waals surface area contributed by atoms with Gasteiger partial charge >= 0.3 is 0 Å². The van der Waals surface area contributed by atoms with E-state index in [1.165, 1.54) is 0 Å². The maximum absolute atomic E-state index is 13.9. The fraction of sp³-hybridized carbons (Fsp3) is 0.143. The van der Waals surface area contributed by atoms with Crippen LogP contribution in [0.4, 0.5) is 4.39 Å². The molecule has 2 aromatic rings. The molecule has 0 aliphatic rings. The summed E-state index contributed by atoms with van der Waals surface area (Å²) in [5.41, 5.74) is 1.99. The van der Waals surface area contributed by atoms with Crippen LogP contribution in [-0.4, -0.2) is 5.11 Å². The van der Waals surface area contributed by atoms with Crippen LogP contribution in [0, 0.1) is 12.7 Å². The number of rotatable bonds is 2. The Hall–Kier alpha value is -0.710. The van der Waals surface area contributed by atoms with Gasteiger partial charge in [0, 0.05) is 10.0 Å². The Morgan fingerprint density at radius 3 is 2.44 bits per heavy atom. The van der Waals surface area contributed by atoms with Crippen molar-refractivity contribution < 1.29 is 9.50 Å². The molecular weight excluding hydrogens is 363 g/mol. The van der Waals surface area contributed by atoms with Gasteiger partial charge in [0.25, 0.3) is 0 Å². The molecule has 0 heterocycles. The third-order valence-electron chi connectivity index (χ3n) is 2.73. The monoisotopic (exact) mass is 372 g/mol. The van der Waals surface area contributed by atoms with Crippen LogP contribution >= 0.6 is 31.9 Å². The highest BCUT2D eigenvalue weighted by Crippen LogP contribution is 2.32. The molecule has 0 aliphatic carbocycles. The van der Waals surface area contributed by atoms with Crippen LogP contribution in [0.15, 0.2) is 45.3 Å². The Balaban J connectivity index is 2.48. The van der Waals surface area contributed by atoms with Gasteiger partial charge in [-0.25, -0.2) is 4.39 Å². The maximum atomic E-state index is 13.9. The second-order valence-corrected chi connectivity index (χ2v) is 5.78. The van der Waals surface area contributed by atoms with Gasteiger partial charge in [-0.15, -0.1) is 0 Å². The highest BCUT2D eigenvalue weighted by atomic mass is 79.9. The summed E-state index contributed by atoms with van der Waals surface area (Å²) >= 11 is 6.51. The third-order valence-corrected chi connectivity index (χ3v) is 4.03. The predicted molar refractivity (Wildman–Crippen MR) is 77.0 cm³/mol. The lowest BCUT2D eigenvalue weighted by molar-refractivity contribution is 0.214. The topological polar surface area (TPSA) is 20.2 Å². The van der Waals surface area contributed by atoms with E-state index in [0.29, 0.717) is 10.0 Å². The van der Waals surface area contributed by atoms with Gasteiger partial charge in [-0.2, -0.15) is 0 Å². The smallest absolute Gasteiger partial charge is 0.143 e. The summed E-state index contributed by atoms with van der Waals surface area (Å²) in [6, 6.07) is 10.5. The minimum Gasteiger partial charge on any atom is -0.384 e. The van der Waals surface area contributed by atoms with Crippen LogP contribution < -0.4 is 0 Å². The lowest BCUT2D eigenvalue weighted by Gasteiger charge is -2.15. The summed E-state index contributed by atoms with van der Waals surface area (Å²) in [4.78, 5) is 0. The Kier molecular flexibility index (Phi) is 4.20. The molecule has 2 rings (SSSR count). The van der Waals surface area contributed by atoms with E-state index in [1.807, 2.05) is 19.1 Å². The molecular formula is C14H11Br2FO. The SMILES string of the molecule is Cc1ccc(C(O)c2cccc(Br)c2F)c(Br)c1. The quantitative estimate of drug-likeness (QED) is 0.805. The standard InChI is InChI=1S/C14H11Br2FO/c1-8-5-6-9(12(16)7-8)14(18)10-3-2-4-11(15)13(10)17/h2-7,14,18H,1H3. The average Bonchev–Trinajstić information content (AvgIpc) is 2.32. The van der Waals surface area contributed by atoms with Crippen LogP contribution in [0.3, 0.4) is 0 Å². The first-order valence-electron chi connectivity index (χ1n) is 5.38. The van der Waals surface area contributed by atoms with Gasteiger partial charge in [0.05, 0.1) is 4.47 Å². The Bertz CT molecular complexity index is 584. The molecule has 0 amide bonds. The van der Waals surface area contributed by atoms with Crippen molar-refractivity contribution in [1.29, 1.82) is 0 Å². The van der Waals surface area contributed by atoms with Crippen molar-refractivity contribution in [2.75, 3.05) is 0 Å². The van der Waals surface area contributed by atoms with Gasteiger partial charge in [-0.3, -0.25) is 0 Å². The number of benzene rings is 2. The number of hydrogen-bond donors (Lipinski definition) is 1. The summed E-state index contributed by atoms with van der Waals surface area (Å²) in [5, 5.41) is 10.3. The molecule has 18 heavy (non-hydrogen) atoms. The van der Waals surface area contributed by atoms with Crippen LogP contribution in [0.2, 0.25) is 0 Å². The maximum Gasteiger partial charge on any atom is 0.143 e. The molecule has 0 aliphatic heterocycles. The van der Waals surface area contributed by atoms with E-state index in [1.54, 1.807) is 24.3 Å². The molecule has 0 aromatic heterocycles. The molecule has 2 aromatic carbocycles. The second kappa shape index (κ2) is 5.51. The highest BCUT2D eigenvalue weighted by Gasteiger charge is 2.18. The van der Waals surface area contributed by atoms with Crippen molar-refractivity contribution in [3.63, 3.8) is 0 Å². The van der Waals surface area contributed by atoms with Gasteiger partial charge in [-0.1, -0.05) is 40.2 Å². The van der Waals surface area contributed by atoms with E-state index >= 15 is 0 Å². The summed E-state index contributed by atoms with van der Waals surface area (Å²) in [7, 11) is 0. The Morgan fingerprint density at radius 2 is 1.78 bits per heavy atom. The summed E-state index contributed by atoms with van der Waals surface area (Å²) in [6.07, 6.45) is -0.988. The molecule has 1 nitrogen and oxygen atoms in total. The van der Waals surface area contributed by atoms with Crippen molar-refractivity contribution in [3.8, 4) is 0 Å². The van der Waals surface area contributed by atoms with Crippen molar-refractivity contribution in [2.24, 2.45) is 0 Å². The first-order valence-corrected chi connectivity index (χ1v) is 6.97. The third kappa shape index (κ3) is 2.66. The first-order chi connectivity index (χ1) is 8.50. The number of aryl methyl sites for hydroxylation is 1. The average molecular weight is 374 g/mol. The van der Waals surface area contributed by atoms with Crippen LogP contribution in [-0.2, 0) is 0 Å². The molecule has 0 saturated carbocycles. The zero-order valence-electron chi connectivity index (χ0n) is 9.62. The molecule has 0 fully saturated rings. The fourth-order valence-corrected chi connectivity index (χ4v) is 2.84. The number of hydrogen-bond acceptors (Lipinski definition) is 1. The van der Waals surface area contributed by atoms with Crippen molar-refractivity contribution in [3.05, 3.63) is 67.9 Å². The van der Waals surface area contributed by atoms with Gasteiger partial charge in [0.2, 0.25) is 0 Å². The lowest BCUT2D eigenvalue weighted by Crippen LogP contribution is -2.04. The van der Waals surface area contributed by atoms with Gasteiger partial charge in [0.15, 0.2) is 0 Å². The van der Waals surface area contributed by atoms with Gasteiger partial charge < -0.3 is 5.11 Å². The zero-order valence-corrected chi connectivity index (χ0v) is 12.8. The van der Waals surface area contributed by atoms with Gasteiger partial charge in [0.1, 0.15) is 11.9 Å². The first kappa shape index (κ1) is 13.7. The molecule has 0 bridgehead atoms. The van der Waals surface area contributed by atoms with E-state index in [9.17, 15) is 9.50 Å². The molecule has 4 heteroatoms. The molecule has 1 atom stereocenters. The second-order valence-electron chi connectivity index (χ2n) is 4.07. The Morgan fingerprint density at radius 1 is 1.06 bits per heavy atom. The van der Waals surface area contributed by atoms with E-state index in [-0.39, 0.29) is 5.56 Å². The summed E-state index contributed by atoms with van der Waals surface area (Å²) < 4.78 is 15.0. The normalized spacial score (nSPS) is 12.5. The van der Waals surface area contributed by atoms with Crippen LogP contribution in [0.5, 0.6) is 0 Å². The Labute approximate surface area is 122 Å². The summed E-state index contributed by atoms with van der Waals surface area (Å²) in [5.74, 6) is -0.433. The van der Waals surface area contributed by atoms with E-state index in [2.05, 4.69) is 31.9 Å². The van der Waals surface area contributed by atoms with Crippen LogP contribution in [0.25, 0.3) is 0 Å². The molecule has 0 saturated heterocycles. The minimum atomic E-state index is -0.988. The molecule has 94 valence electrons.